The molecule has 0 saturated heterocycles. The maximum Gasteiger partial charge on any atom is 0.313 e. The minimum absolute atomic E-state index is 0.0960. The number of aliphatic imine (C=N–C) groups is 1. The Kier molecular flexibility index (Phi) is 4.31. The molecule has 0 atom stereocenters. The fourth-order valence-corrected chi connectivity index (χ4v) is 1.96. The van der Waals surface area contributed by atoms with Gasteiger partial charge in [0.15, 0.2) is 11.0 Å². The van der Waals surface area contributed by atoms with Crippen molar-refractivity contribution >= 4 is 39.6 Å². The number of aromatic nitrogens is 1. The molecule has 0 amide bonds. The first kappa shape index (κ1) is 14.0. The molecular formula is C13H12N4O2S. The van der Waals surface area contributed by atoms with Crippen LogP contribution < -0.4 is 5.73 Å². The van der Waals surface area contributed by atoms with Crippen molar-refractivity contribution in [2.45, 2.75) is 0 Å². The molecule has 0 aliphatic heterocycles. The van der Waals surface area contributed by atoms with Gasteiger partial charge in [-0.05, 0) is 12.1 Å². The number of para-hydroxylation sites is 1. The predicted molar refractivity (Wildman–Crippen MR) is 80.3 cm³/mol. The first-order valence-corrected chi connectivity index (χ1v) is 6.68. The molecule has 0 bridgehead atoms. The highest BCUT2D eigenvalue weighted by atomic mass is 32.2. The zero-order chi connectivity index (χ0) is 14.5. The van der Waals surface area contributed by atoms with Gasteiger partial charge in [-0.3, -0.25) is 10.2 Å². The molecule has 4 N–H and O–H groups in total. The van der Waals surface area contributed by atoms with Gasteiger partial charge in [-0.2, -0.15) is 0 Å². The SMILES string of the molecule is N=C(/N=C(\N)c1ccc2ccccc2n1)SCC(=O)O. The Morgan fingerprint density at radius 2 is 2.10 bits per heavy atom. The van der Waals surface area contributed by atoms with Crippen molar-refractivity contribution in [2.75, 3.05) is 5.75 Å². The van der Waals surface area contributed by atoms with Gasteiger partial charge in [0.05, 0.1) is 11.3 Å². The summed E-state index contributed by atoms with van der Waals surface area (Å²) in [4.78, 5) is 18.6. The number of thioether (sulfide) groups is 1. The highest BCUT2D eigenvalue weighted by molar-refractivity contribution is 8.14. The van der Waals surface area contributed by atoms with Crippen molar-refractivity contribution in [3.05, 3.63) is 42.1 Å². The molecule has 6 nitrogen and oxygen atoms in total. The molecule has 0 aliphatic rings. The molecule has 1 aromatic heterocycles. The lowest BCUT2D eigenvalue weighted by atomic mass is 10.2. The molecule has 2 rings (SSSR count). The lowest BCUT2D eigenvalue weighted by Crippen LogP contribution is -2.17. The van der Waals surface area contributed by atoms with E-state index in [2.05, 4.69) is 9.98 Å². The average molecular weight is 288 g/mol. The van der Waals surface area contributed by atoms with Gasteiger partial charge in [0.1, 0.15) is 5.69 Å². The Labute approximate surface area is 119 Å². The van der Waals surface area contributed by atoms with Crippen molar-refractivity contribution < 1.29 is 9.90 Å². The smallest absolute Gasteiger partial charge is 0.313 e. The standard InChI is InChI=1S/C13H12N4O2S/c14-12(17-13(15)20-7-11(18)19)10-6-5-8-3-1-2-4-9(8)16-10/h1-6H,7H2,(H,18,19)(H3,14,15,17). The number of nitrogens with two attached hydrogens (primary N) is 1. The second-order valence-electron chi connectivity index (χ2n) is 3.87. The number of aliphatic carboxylic acids is 1. The zero-order valence-electron chi connectivity index (χ0n) is 10.4. The second kappa shape index (κ2) is 6.16. The van der Waals surface area contributed by atoms with E-state index in [1.54, 1.807) is 6.07 Å². The van der Waals surface area contributed by atoms with Crippen LogP contribution in [0.15, 0.2) is 41.4 Å². The van der Waals surface area contributed by atoms with Gasteiger partial charge in [0, 0.05) is 5.39 Å². The van der Waals surface area contributed by atoms with Crippen LogP contribution in [-0.4, -0.2) is 32.8 Å². The molecule has 7 heteroatoms. The number of benzene rings is 1. The number of rotatable bonds is 3. The minimum Gasteiger partial charge on any atom is -0.481 e. The molecule has 1 heterocycles. The van der Waals surface area contributed by atoms with Crippen LogP contribution in [0, 0.1) is 5.41 Å². The maximum atomic E-state index is 10.4. The molecule has 20 heavy (non-hydrogen) atoms. The van der Waals surface area contributed by atoms with Gasteiger partial charge in [0.25, 0.3) is 0 Å². The number of nitrogens with zero attached hydrogens (tertiary/aromatic N) is 2. The lowest BCUT2D eigenvalue weighted by Gasteiger charge is -2.03. The van der Waals surface area contributed by atoms with Crippen LogP contribution in [0.25, 0.3) is 10.9 Å². The number of pyridine rings is 1. The van der Waals surface area contributed by atoms with E-state index in [4.69, 9.17) is 16.2 Å². The molecule has 0 spiro atoms. The number of carbonyl (C=O) groups is 1. The van der Waals surface area contributed by atoms with Gasteiger partial charge in [0.2, 0.25) is 0 Å². The fourth-order valence-electron chi connectivity index (χ4n) is 1.54. The predicted octanol–water partition coefficient (Wildman–Crippen LogP) is 1.69. The van der Waals surface area contributed by atoms with E-state index in [0.29, 0.717) is 5.69 Å². The Hall–Kier alpha value is -2.41. The minimum atomic E-state index is -1.00. The van der Waals surface area contributed by atoms with Gasteiger partial charge in [-0.1, -0.05) is 36.0 Å². The van der Waals surface area contributed by atoms with Crippen molar-refractivity contribution in [1.82, 2.24) is 4.98 Å². The van der Waals surface area contributed by atoms with Gasteiger partial charge in [-0.25, -0.2) is 9.98 Å². The molecule has 0 radical (unpaired) electrons. The van der Waals surface area contributed by atoms with Crippen LogP contribution in [0.3, 0.4) is 0 Å². The molecule has 0 aliphatic carbocycles. The molecule has 102 valence electrons. The average Bonchev–Trinajstić information content (AvgIpc) is 2.44. The van der Waals surface area contributed by atoms with Crippen molar-refractivity contribution in [3.8, 4) is 0 Å². The Balaban J connectivity index is 2.19. The molecule has 0 unspecified atom stereocenters. The monoisotopic (exact) mass is 288 g/mol. The number of fused-ring (bicyclic) bond motifs is 1. The number of hydrogen-bond acceptors (Lipinski definition) is 4. The third-order valence-electron chi connectivity index (χ3n) is 2.42. The van der Waals surface area contributed by atoms with E-state index in [9.17, 15) is 4.79 Å². The fraction of sp³-hybridized carbons (Fsp3) is 0.0769. The number of amidine groups is 2. The first-order valence-electron chi connectivity index (χ1n) is 5.70. The highest BCUT2D eigenvalue weighted by Crippen LogP contribution is 2.12. The van der Waals surface area contributed by atoms with Crippen LogP contribution in [0.1, 0.15) is 5.69 Å². The quantitative estimate of drug-likeness (QED) is 0.587. The van der Waals surface area contributed by atoms with Crippen molar-refractivity contribution in [2.24, 2.45) is 10.7 Å². The van der Waals surface area contributed by atoms with Crippen molar-refractivity contribution in [1.29, 1.82) is 5.41 Å². The van der Waals surface area contributed by atoms with Crippen LogP contribution in [0.5, 0.6) is 0 Å². The largest absolute Gasteiger partial charge is 0.481 e. The lowest BCUT2D eigenvalue weighted by molar-refractivity contribution is -0.133. The summed E-state index contributed by atoms with van der Waals surface area (Å²) in [7, 11) is 0. The Morgan fingerprint density at radius 3 is 2.85 bits per heavy atom. The number of carboxylic acids is 1. The summed E-state index contributed by atoms with van der Waals surface area (Å²) in [5, 5.41) is 16.9. The normalized spacial score (nSPS) is 11.5. The summed E-state index contributed by atoms with van der Waals surface area (Å²) in [6, 6.07) is 11.2. The van der Waals surface area contributed by atoms with Crippen molar-refractivity contribution in [3.63, 3.8) is 0 Å². The van der Waals surface area contributed by atoms with Crippen LogP contribution in [-0.2, 0) is 4.79 Å². The van der Waals surface area contributed by atoms with E-state index < -0.39 is 5.97 Å². The van der Waals surface area contributed by atoms with Gasteiger partial charge in [-0.15, -0.1) is 0 Å². The summed E-state index contributed by atoms with van der Waals surface area (Å²) < 4.78 is 0. The van der Waals surface area contributed by atoms with Crippen LogP contribution in [0.4, 0.5) is 0 Å². The summed E-state index contributed by atoms with van der Waals surface area (Å²) in [6.45, 7) is 0. The number of nitrogens with one attached hydrogen (secondary N) is 1. The summed E-state index contributed by atoms with van der Waals surface area (Å²) in [5.41, 5.74) is 7.03. The topological polar surface area (TPSA) is 112 Å². The zero-order valence-corrected chi connectivity index (χ0v) is 11.2. The van der Waals surface area contributed by atoms with E-state index >= 15 is 0 Å². The number of carboxylic acid groups (broad SMARTS) is 1. The van der Waals surface area contributed by atoms with Gasteiger partial charge < -0.3 is 10.8 Å². The molecule has 0 saturated carbocycles. The third-order valence-corrected chi connectivity index (χ3v) is 3.17. The van der Waals surface area contributed by atoms with Crippen LogP contribution >= 0.6 is 11.8 Å². The Morgan fingerprint density at radius 1 is 1.35 bits per heavy atom. The second-order valence-corrected chi connectivity index (χ2v) is 4.84. The summed E-state index contributed by atoms with van der Waals surface area (Å²) in [6.07, 6.45) is 0. The molecule has 1 aromatic carbocycles. The molecule has 0 fully saturated rings. The molecule has 2 aromatic rings. The Bertz CT molecular complexity index is 700. The summed E-state index contributed by atoms with van der Waals surface area (Å²) in [5.74, 6) is -1.13. The third kappa shape index (κ3) is 3.55. The van der Waals surface area contributed by atoms with Crippen LogP contribution in [0.2, 0.25) is 0 Å². The van der Waals surface area contributed by atoms with E-state index in [1.165, 1.54) is 0 Å². The van der Waals surface area contributed by atoms with E-state index in [-0.39, 0.29) is 16.8 Å². The van der Waals surface area contributed by atoms with E-state index in [1.807, 2.05) is 30.3 Å². The number of hydrogen-bond donors (Lipinski definition) is 3. The van der Waals surface area contributed by atoms with Gasteiger partial charge >= 0.3 is 5.97 Å². The highest BCUT2D eigenvalue weighted by Gasteiger charge is 2.06. The first-order chi connectivity index (χ1) is 9.56. The molecular weight excluding hydrogens is 276 g/mol. The summed E-state index contributed by atoms with van der Waals surface area (Å²) >= 11 is 0.800. The maximum absolute atomic E-state index is 10.4. The van der Waals surface area contributed by atoms with E-state index in [0.717, 1.165) is 22.7 Å².